The zero-order chi connectivity index (χ0) is 49.9. The van der Waals surface area contributed by atoms with Crippen LogP contribution in [-0.2, 0) is 54.3 Å². The predicted octanol–water partition coefficient (Wildman–Crippen LogP) is 1.94. The van der Waals surface area contributed by atoms with Crippen molar-refractivity contribution in [3.63, 3.8) is 0 Å². The van der Waals surface area contributed by atoms with Crippen LogP contribution in [0.4, 0.5) is 0 Å². The van der Waals surface area contributed by atoms with Crippen molar-refractivity contribution in [1.82, 2.24) is 25.9 Å². The minimum absolute atomic E-state index is 0.00164. The van der Waals surface area contributed by atoms with Gasteiger partial charge in [0.25, 0.3) is 0 Å². The van der Waals surface area contributed by atoms with Crippen molar-refractivity contribution in [3.05, 3.63) is 96.8 Å². The minimum atomic E-state index is -1.69. The highest BCUT2D eigenvalue weighted by Crippen LogP contribution is 2.54. The van der Waals surface area contributed by atoms with Crippen LogP contribution in [0.3, 0.4) is 0 Å². The molecule has 20 heteroatoms. The maximum absolute atomic E-state index is 13.9. The molecule has 0 aromatic carbocycles. The van der Waals surface area contributed by atoms with Crippen LogP contribution in [0.1, 0.15) is 79.6 Å². The molecule has 68 heavy (non-hydrogen) atoms. The molecule has 5 atom stereocenters. The van der Waals surface area contributed by atoms with E-state index >= 15 is 0 Å². The summed E-state index contributed by atoms with van der Waals surface area (Å²) in [4.78, 5) is 112. The van der Waals surface area contributed by atoms with Crippen LogP contribution in [0.15, 0.2) is 57.4 Å². The zero-order valence-electron chi connectivity index (χ0n) is 38.1. The number of methoxy groups -OCH3 is 2. The first-order chi connectivity index (χ1) is 32.1. The van der Waals surface area contributed by atoms with Gasteiger partial charge in [-0.1, -0.05) is 24.8 Å². The normalized spacial score (nSPS) is 22.5. The van der Waals surface area contributed by atoms with E-state index in [0.29, 0.717) is 61.5 Å². The van der Waals surface area contributed by atoms with Gasteiger partial charge >= 0.3 is 35.8 Å². The summed E-state index contributed by atoms with van der Waals surface area (Å²) in [6.07, 6.45) is 10.1. The molecule has 8 bridgehead atoms. The number of aromatic amines is 2. The van der Waals surface area contributed by atoms with Crippen LogP contribution in [0.25, 0.3) is 30.4 Å². The topological polar surface area (TPSA) is 316 Å². The second-order valence-electron chi connectivity index (χ2n) is 16.9. The maximum atomic E-state index is 13.9. The first-order valence-corrected chi connectivity index (χ1v) is 21.4. The van der Waals surface area contributed by atoms with Crippen LogP contribution in [-0.4, -0.2) is 116 Å². The van der Waals surface area contributed by atoms with Gasteiger partial charge < -0.3 is 55.8 Å². The molecule has 1 saturated heterocycles. The van der Waals surface area contributed by atoms with E-state index in [4.69, 9.17) is 14.5 Å². The SMILES string of the molecule is C=Cc1c(C)/c2[nH]/c1=C\C1=NC(=C\c3[nH]c(c(C)c3CCC(=O)N[C@@H](CC(=O)O)C(=O)O)/C=C3\NC(/C=2)C2=CC=C(C(=O)OC)[C@@H](C(=O)OC)[C@]23C)/C(CCC(=O)N[C@@H](CC(=O)O)C(=O)O)=C1C. The Hall–Kier alpha value is -8.03. The third-order valence-corrected chi connectivity index (χ3v) is 12.8. The lowest BCUT2D eigenvalue weighted by Gasteiger charge is -2.37. The van der Waals surface area contributed by atoms with Gasteiger partial charge in [-0.25, -0.2) is 19.4 Å². The Morgan fingerprint density at radius 2 is 1.43 bits per heavy atom. The van der Waals surface area contributed by atoms with Gasteiger partial charge in [0.2, 0.25) is 11.8 Å². The minimum Gasteiger partial charge on any atom is -0.481 e. The van der Waals surface area contributed by atoms with E-state index in [0.717, 1.165) is 16.7 Å². The van der Waals surface area contributed by atoms with Gasteiger partial charge in [-0.2, -0.15) is 0 Å². The molecule has 3 aliphatic heterocycles. The quantitative estimate of drug-likeness (QED) is 0.102. The fraction of sp³-hybridized carbons (Fsp3) is 0.354. The van der Waals surface area contributed by atoms with Crippen molar-refractivity contribution in [2.75, 3.05) is 14.2 Å². The lowest BCUT2D eigenvalue weighted by Crippen LogP contribution is -2.42. The highest BCUT2D eigenvalue weighted by atomic mass is 16.5. The lowest BCUT2D eigenvalue weighted by atomic mass is 9.64. The van der Waals surface area contributed by atoms with Crippen molar-refractivity contribution in [2.24, 2.45) is 16.3 Å². The summed E-state index contributed by atoms with van der Waals surface area (Å²) in [5, 5.41) is 47.1. The molecule has 1 fully saturated rings. The fourth-order valence-corrected chi connectivity index (χ4v) is 9.18. The highest BCUT2D eigenvalue weighted by molar-refractivity contribution is 6.23. The molecule has 2 aromatic heterocycles. The molecular weight excluding hydrogens is 885 g/mol. The molecule has 9 N–H and O–H groups in total. The first kappa shape index (κ1) is 49.4. The molecular formula is C48H52N6O14. The molecule has 0 saturated carbocycles. The van der Waals surface area contributed by atoms with Crippen molar-refractivity contribution in [2.45, 2.75) is 84.3 Å². The Labute approximate surface area is 388 Å². The van der Waals surface area contributed by atoms with Crippen LogP contribution in [0.2, 0.25) is 0 Å². The second kappa shape index (κ2) is 19.8. The zero-order valence-corrected chi connectivity index (χ0v) is 38.1. The third-order valence-electron chi connectivity index (χ3n) is 12.8. The molecule has 2 aromatic rings. The fourth-order valence-electron chi connectivity index (χ4n) is 9.18. The van der Waals surface area contributed by atoms with Crippen molar-refractivity contribution in [3.8, 4) is 0 Å². The van der Waals surface area contributed by atoms with E-state index in [1.807, 2.05) is 32.9 Å². The number of hydrogen-bond donors (Lipinski definition) is 9. The molecule has 0 spiro atoms. The lowest BCUT2D eigenvalue weighted by molar-refractivity contribution is -0.150. The Kier molecular flexibility index (Phi) is 14.4. The second-order valence-corrected chi connectivity index (χ2v) is 16.9. The number of amides is 2. The van der Waals surface area contributed by atoms with E-state index in [2.05, 4.69) is 32.5 Å². The summed E-state index contributed by atoms with van der Waals surface area (Å²) < 4.78 is 10.4. The van der Waals surface area contributed by atoms with Crippen LogP contribution in [0.5, 0.6) is 0 Å². The number of carboxylic acids is 4. The number of fused-ring (bicyclic) bond motifs is 10. The molecule has 1 unspecified atom stereocenters. The van der Waals surface area contributed by atoms with Crippen LogP contribution in [0, 0.1) is 25.2 Å². The van der Waals surface area contributed by atoms with Gasteiger partial charge in [-0.05, 0) is 98.3 Å². The average Bonchev–Trinajstić information content (AvgIpc) is 3.93. The number of carboxylic acid groups (broad SMARTS) is 4. The number of aromatic nitrogens is 2. The summed E-state index contributed by atoms with van der Waals surface area (Å²) in [6.45, 7) is 11.4. The number of rotatable bonds is 17. The summed E-state index contributed by atoms with van der Waals surface area (Å²) >= 11 is 0. The van der Waals surface area contributed by atoms with E-state index < -0.39 is 89.9 Å². The van der Waals surface area contributed by atoms with Crippen molar-refractivity contribution in [1.29, 1.82) is 0 Å². The Balaban J connectivity index is 1.58. The number of aliphatic imine (C=N–C) groups is 1. The van der Waals surface area contributed by atoms with Gasteiger partial charge in [-0.3, -0.25) is 24.0 Å². The predicted molar refractivity (Wildman–Crippen MR) is 245 cm³/mol. The van der Waals surface area contributed by atoms with Crippen molar-refractivity contribution >= 4 is 83.7 Å². The largest absolute Gasteiger partial charge is 0.481 e. The van der Waals surface area contributed by atoms with E-state index in [-0.39, 0.29) is 31.3 Å². The number of H-pyrrole nitrogens is 2. The molecule has 358 valence electrons. The average molecular weight is 937 g/mol. The van der Waals surface area contributed by atoms with E-state index in [1.54, 1.807) is 37.3 Å². The number of carbonyl (C=O) groups excluding carboxylic acids is 4. The highest BCUT2D eigenvalue weighted by Gasteiger charge is 2.56. The molecule has 2 amide bonds. The van der Waals surface area contributed by atoms with E-state index in [9.17, 15) is 58.8 Å². The van der Waals surface area contributed by atoms with Gasteiger partial charge in [0.15, 0.2) is 0 Å². The third kappa shape index (κ3) is 9.74. The number of nitrogens with zero attached hydrogens (tertiary/aromatic N) is 1. The van der Waals surface area contributed by atoms with Gasteiger partial charge in [0.05, 0.1) is 50.1 Å². The molecule has 20 nitrogen and oxygen atoms in total. The maximum Gasteiger partial charge on any atom is 0.334 e. The van der Waals surface area contributed by atoms with Crippen LogP contribution >= 0.6 is 0 Å². The monoisotopic (exact) mass is 936 g/mol. The van der Waals surface area contributed by atoms with Gasteiger partial charge in [0.1, 0.15) is 18.0 Å². The standard InChI is InChI=1S/C48H52N6O14/c1-8-24-21(2)30-16-35-28-12-9-27(46(65)67-6)43(47(66)68-7)48(28,5)38(52-35)18-31-23(4)26(11-14-40(56)54-37(45(63)64)20-42(59)60)34(51-31)17-33-25(22(3)29(50-33)15-32(24)49-30)10-13-39(55)53-36(44(61)62)19-41(57)58/h8-9,12,15-18,35-37,43,49,51-52H,1,10-11,13-14,19-20H2,2-7H3,(H,53,55)(H,54,56)(H,57,58)(H,59,60)(H,61,62)(H,63,64)/b30-16+,32-15-,33-17-,38-18-/t35?,36-,37-,43-,48+/m0/s1. The van der Waals surface area contributed by atoms with E-state index in [1.165, 1.54) is 14.2 Å². The smallest absolute Gasteiger partial charge is 0.334 e. The number of carbonyl (C=O) groups is 8. The summed E-state index contributed by atoms with van der Waals surface area (Å²) in [5.74, 6) is -9.93. The first-order valence-electron chi connectivity index (χ1n) is 21.4. The Morgan fingerprint density at radius 3 is 1.99 bits per heavy atom. The summed E-state index contributed by atoms with van der Waals surface area (Å²) in [6, 6.07) is -3.92. The Morgan fingerprint density at radius 1 is 0.809 bits per heavy atom. The van der Waals surface area contributed by atoms with Crippen LogP contribution < -0.4 is 26.6 Å². The molecule has 5 heterocycles. The molecule has 0 radical (unpaired) electrons. The van der Waals surface area contributed by atoms with Gasteiger partial charge in [0, 0.05) is 51.6 Å². The summed E-state index contributed by atoms with van der Waals surface area (Å²) in [5.41, 5.74) is 5.87. The molecule has 1 aliphatic carbocycles. The number of nitrogens with one attached hydrogen (secondary N) is 5. The number of esters is 2. The number of allylic oxidation sites excluding steroid dienone is 5. The molecule has 4 aliphatic rings. The van der Waals surface area contributed by atoms with Crippen molar-refractivity contribution < 1.29 is 68.3 Å². The molecule has 6 rings (SSSR count). The number of aliphatic carboxylic acids is 4. The Bertz CT molecular complexity index is 2890. The number of ether oxygens (including phenoxy) is 2. The summed E-state index contributed by atoms with van der Waals surface area (Å²) in [7, 11) is 2.44. The number of hydrogen-bond acceptors (Lipinski definition) is 12. The van der Waals surface area contributed by atoms with Gasteiger partial charge in [-0.15, -0.1) is 0 Å².